The lowest BCUT2D eigenvalue weighted by molar-refractivity contribution is 0.0600. The quantitative estimate of drug-likeness (QED) is 0.812. The Morgan fingerprint density at radius 3 is 2.38 bits per heavy atom. The molecule has 0 spiro atoms. The molecule has 0 bridgehead atoms. The smallest absolute Gasteiger partial charge is 0.337 e. The summed E-state index contributed by atoms with van der Waals surface area (Å²) in [7, 11) is 3.06. The van der Waals surface area contributed by atoms with Crippen molar-refractivity contribution < 1.29 is 14.3 Å². The van der Waals surface area contributed by atoms with Crippen LogP contribution in [0.25, 0.3) is 0 Å². The zero-order valence-electron chi connectivity index (χ0n) is 12.1. The van der Waals surface area contributed by atoms with Gasteiger partial charge in [-0.25, -0.2) is 4.79 Å². The predicted octanol–water partition coefficient (Wildman–Crippen LogP) is 3.00. The molecular formula is C17H17NO3. The second-order valence-electron chi connectivity index (χ2n) is 5.03. The molecule has 4 heteroatoms. The van der Waals surface area contributed by atoms with Gasteiger partial charge >= 0.3 is 5.97 Å². The maximum absolute atomic E-state index is 11.6. The van der Waals surface area contributed by atoms with E-state index >= 15 is 0 Å². The van der Waals surface area contributed by atoms with Gasteiger partial charge in [0.05, 0.1) is 19.8 Å². The van der Waals surface area contributed by atoms with E-state index in [1.54, 1.807) is 7.11 Å². The maximum atomic E-state index is 11.6. The predicted molar refractivity (Wildman–Crippen MR) is 80.7 cm³/mol. The van der Waals surface area contributed by atoms with Crippen molar-refractivity contribution in [2.75, 3.05) is 19.1 Å². The number of hydrogen-bond donors (Lipinski definition) is 0. The van der Waals surface area contributed by atoms with Crippen molar-refractivity contribution in [2.45, 2.75) is 13.1 Å². The van der Waals surface area contributed by atoms with Crippen LogP contribution in [-0.4, -0.2) is 20.2 Å². The molecule has 0 aromatic heterocycles. The van der Waals surface area contributed by atoms with E-state index in [0.29, 0.717) is 5.56 Å². The van der Waals surface area contributed by atoms with Gasteiger partial charge in [0, 0.05) is 18.8 Å². The second-order valence-corrected chi connectivity index (χ2v) is 5.03. The van der Waals surface area contributed by atoms with Gasteiger partial charge in [0.25, 0.3) is 0 Å². The van der Waals surface area contributed by atoms with E-state index in [-0.39, 0.29) is 5.97 Å². The van der Waals surface area contributed by atoms with Crippen LogP contribution in [0.4, 0.5) is 5.69 Å². The number of ether oxygens (including phenoxy) is 2. The van der Waals surface area contributed by atoms with Gasteiger partial charge < -0.3 is 14.4 Å². The van der Waals surface area contributed by atoms with Gasteiger partial charge in [0.1, 0.15) is 5.75 Å². The maximum Gasteiger partial charge on any atom is 0.337 e. The second kappa shape index (κ2) is 5.48. The van der Waals surface area contributed by atoms with Gasteiger partial charge in [-0.2, -0.15) is 0 Å². The molecule has 108 valence electrons. The molecule has 3 rings (SSSR count). The molecular weight excluding hydrogens is 266 g/mol. The first-order valence-electron chi connectivity index (χ1n) is 6.80. The lowest BCUT2D eigenvalue weighted by Gasteiger charge is -2.17. The van der Waals surface area contributed by atoms with Crippen LogP contribution in [-0.2, 0) is 17.8 Å². The minimum Gasteiger partial charge on any atom is -0.497 e. The summed E-state index contributed by atoms with van der Waals surface area (Å²) in [5, 5.41) is 0. The van der Waals surface area contributed by atoms with Crippen molar-refractivity contribution in [3.63, 3.8) is 0 Å². The topological polar surface area (TPSA) is 38.8 Å². The summed E-state index contributed by atoms with van der Waals surface area (Å²) in [5.74, 6) is 0.559. The van der Waals surface area contributed by atoms with Crippen LogP contribution in [0, 0.1) is 0 Å². The lowest BCUT2D eigenvalue weighted by atomic mass is 10.1. The summed E-state index contributed by atoms with van der Waals surface area (Å²) < 4.78 is 9.94. The van der Waals surface area contributed by atoms with Crippen molar-refractivity contribution in [1.82, 2.24) is 0 Å². The Hall–Kier alpha value is -2.49. The highest BCUT2D eigenvalue weighted by atomic mass is 16.5. The van der Waals surface area contributed by atoms with Crippen LogP contribution in [0.2, 0.25) is 0 Å². The highest BCUT2D eigenvalue weighted by Crippen LogP contribution is 2.30. The van der Waals surface area contributed by atoms with Gasteiger partial charge in [-0.05, 0) is 47.5 Å². The van der Waals surface area contributed by atoms with Crippen LogP contribution in [0.1, 0.15) is 21.5 Å². The van der Waals surface area contributed by atoms with Crippen molar-refractivity contribution in [1.29, 1.82) is 0 Å². The Morgan fingerprint density at radius 1 is 1.00 bits per heavy atom. The first kappa shape index (κ1) is 13.5. The van der Waals surface area contributed by atoms with Crippen molar-refractivity contribution >= 4 is 11.7 Å². The van der Waals surface area contributed by atoms with Crippen molar-refractivity contribution in [2.24, 2.45) is 0 Å². The molecule has 0 aliphatic carbocycles. The molecule has 2 aromatic rings. The first-order valence-corrected chi connectivity index (χ1v) is 6.80. The summed E-state index contributed by atoms with van der Waals surface area (Å²) in [6.45, 7) is 1.65. The molecule has 0 N–H and O–H groups in total. The molecule has 0 fully saturated rings. The number of nitrogens with zero attached hydrogens (tertiary/aromatic N) is 1. The van der Waals surface area contributed by atoms with E-state index in [2.05, 4.69) is 4.90 Å². The van der Waals surface area contributed by atoms with Crippen LogP contribution in [0.15, 0.2) is 42.5 Å². The Balaban J connectivity index is 1.81. The Morgan fingerprint density at radius 2 is 1.71 bits per heavy atom. The minimum atomic E-state index is -0.291. The summed E-state index contributed by atoms with van der Waals surface area (Å²) in [4.78, 5) is 13.9. The van der Waals surface area contributed by atoms with E-state index < -0.39 is 0 Å². The fourth-order valence-corrected chi connectivity index (χ4v) is 2.61. The summed E-state index contributed by atoms with van der Waals surface area (Å²) in [5.41, 5.74) is 4.17. The highest BCUT2D eigenvalue weighted by Gasteiger charge is 2.20. The molecule has 21 heavy (non-hydrogen) atoms. The zero-order chi connectivity index (χ0) is 14.8. The van der Waals surface area contributed by atoms with E-state index in [9.17, 15) is 4.79 Å². The van der Waals surface area contributed by atoms with E-state index in [0.717, 1.165) is 24.5 Å². The van der Waals surface area contributed by atoms with Crippen LogP contribution in [0.5, 0.6) is 5.75 Å². The number of carbonyl (C=O) groups is 1. The number of anilines is 1. The Kier molecular flexibility index (Phi) is 3.52. The zero-order valence-corrected chi connectivity index (χ0v) is 12.1. The van der Waals surface area contributed by atoms with Gasteiger partial charge in [0.2, 0.25) is 0 Å². The Labute approximate surface area is 123 Å². The van der Waals surface area contributed by atoms with E-state index in [4.69, 9.17) is 9.47 Å². The monoisotopic (exact) mass is 283 g/mol. The molecule has 4 nitrogen and oxygen atoms in total. The van der Waals surface area contributed by atoms with Gasteiger partial charge in [-0.1, -0.05) is 6.07 Å². The number of hydrogen-bond acceptors (Lipinski definition) is 4. The van der Waals surface area contributed by atoms with Gasteiger partial charge in [-0.3, -0.25) is 0 Å². The van der Waals surface area contributed by atoms with Crippen LogP contribution in [0.3, 0.4) is 0 Å². The summed E-state index contributed by atoms with van der Waals surface area (Å²) >= 11 is 0. The number of carbonyl (C=O) groups excluding carboxylic acids is 1. The number of methoxy groups -OCH3 is 2. The van der Waals surface area contributed by atoms with Gasteiger partial charge in [0.15, 0.2) is 0 Å². The number of fused-ring (bicyclic) bond motifs is 1. The molecule has 0 radical (unpaired) electrons. The molecule has 1 aliphatic heterocycles. The first-order chi connectivity index (χ1) is 10.2. The third kappa shape index (κ3) is 2.57. The third-order valence-corrected chi connectivity index (χ3v) is 3.79. The molecule has 0 amide bonds. The lowest BCUT2D eigenvalue weighted by Crippen LogP contribution is -2.14. The number of rotatable bonds is 3. The largest absolute Gasteiger partial charge is 0.497 e. The van der Waals surface area contributed by atoms with E-state index in [1.165, 1.54) is 18.2 Å². The normalized spacial score (nSPS) is 13.0. The molecule has 1 aliphatic rings. The van der Waals surface area contributed by atoms with Crippen LogP contribution < -0.4 is 9.64 Å². The fourth-order valence-electron chi connectivity index (χ4n) is 2.61. The SMILES string of the molecule is COC(=O)c1ccc2c(c1)CN(c1ccc(OC)cc1)C2. The summed E-state index contributed by atoms with van der Waals surface area (Å²) in [6, 6.07) is 13.8. The highest BCUT2D eigenvalue weighted by molar-refractivity contribution is 5.89. The number of benzene rings is 2. The van der Waals surface area contributed by atoms with Crippen molar-refractivity contribution in [3.05, 3.63) is 59.2 Å². The average Bonchev–Trinajstić information content (AvgIpc) is 2.97. The van der Waals surface area contributed by atoms with Crippen LogP contribution >= 0.6 is 0 Å². The standard InChI is InChI=1S/C17H17NO3/c1-20-16-7-5-15(6-8-16)18-10-13-4-3-12(17(19)21-2)9-14(13)11-18/h3-9H,10-11H2,1-2H3. The number of esters is 1. The molecule has 2 aromatic carbocycles. The molecule has 0 atom stereocenters. The minimum absolute atomic E-state index is 0.291. The van der Waals surface area contributed by atoms with E-state index in [1.807, 2.05) is 42.5 Å². The summed E-state index contributed by atoms with van der Waals surface area (Å²) in [6.07, 6.45) is 0. The average molecular weight is 283 g/mol. The fraction of sp³-hybridized carbons (Fsp3) is 0.235. The third-order valence-electron chi connectivity index (χ3n) is 3.79. The van der Waals surface area contributed by atoms with Crippen molar-refractivity contribution in [3.8, 4) is 5.75 Å². The molecule has 1 heterocycles. The molecule has 0 saturated heterocycles. The Bertz CT molecular complexity index is 664. The molecule has 0 unspecified atom stereocenters. The molecule has 0 saturated carbocycles. The van der Waals surface area contributed by atoms with Gasteiger partial charge in [-0.15, -0.1) is 0 Å².